The minimum absolute atomic E-state index is 0.0217. The van der Waals surface area contributed by atoms with Crippen LogP contribution in [0.1, 0.15) is 18.4 Å². The van der Waals surface area contributed by atoms with Gasteiger partial charge in [0.1, 0.15) is 11.6 Å². The molecule has 10 heteroatoms. The van der Waals surface area contributed by atoms with Crippen LogP contribution in [-0.4, -0.2) is 37.2 Å². The van der Waals surface area contributed by atoms with Gasteiger partial charge in [-0.1, -0.05) is 12.1 Å². The van der Waals surface area contributed by atoms with E-state index in [-0.39, 0.29) is 29.2 Å². The van der Waals surface area contributed by atoms with Gasteiger partial charge in [0.25, 0.3) is 5.91 Å². The Morgan fingerprint density at radius 1 is 1.23 bits per heavy atom. The Balaban J connectivity index is 1.35. The highest BCUT2D eigenvalue weighted by Crippen LogP contribution is 2.25. The van der Waals surface area contributed by atoms with Crippen molar-refractivity contribution < 1.29 is 22.3 Å². The number of hydrogen-bond donors (Lipinski definition) is 3. The number of aryl methyl sites for hydroxylation is 1. The molecule has 1 amide bonds. The van der Waals surface area contributed by atoms with Crippen LogP contribution in [0.5, 0.6) is 5.75 Å². The van der Waals surface area contributed by atoms with E-state index in [9.17, 15) is 17.6 Å². The number of ether oxygens (including phenoxy) is 1. The molecule has 8 nitrogen and oxygen atoms in total. The summed E-state index contributed by atoms with van der Waals surface area (Å²) in [6, 6.07) is 12.1. The predicted octanol–water partition coefficient (Wildman–Crippen LogP) is 2.98. The van der Waals surface area contributed by atoms with Crippen LogP contribution in [0.4, 0.5) is 10.2 Å². The molecule has 3 aromatic rings. The van der Waals surface area contributed by atoms with Gasteiger partial charge in [0, 0.05) is 17.7 Å². The topological polar surface area (TPSA) is 113 Å². The van der Waals surface area contributed by atoms with Crippen LogP contribution in [-0.2, 0) is 14.8 Å². The van der Waals surface area contributed by atoms with Crippen LogP contribution in [0.3, 0.4) is 0 Å². The van der Waals surface area contributed by atoms with Gasteiger partial charge in [0.15, 0.2) is 12.4 Å². The number of carbonyl (C=O) groups excluding carboxylic acids is 1. The summed E-state index contributed by atoms with van der Waals surface area (Å²) >= 11 is 0. The maximum absolute atomic E-state index is 13.4. The zero-order valence-electron chi connectivity index (χ0n) is 16.7. The molecule has 2 aromatic carbocycles. The Hall–Kier alpha value is -3.24. The lowest BCUT2D eigenvalue weighted by Crippen LogP contribution is -2.25. The fourth-order valence-electron chi connectivity index (χ4n) is 2.95. The third-order valence-electron chi connectivity index (χ3n) is 4.70. The number of nitrogens with zero attached hydrogens (tertiary/aromatic N) is 1. The number of sulfonamides is 1. The second-order valence-corrected chi connectivity index (χ2v) is 9.05. The smallest absolute Gasteiger partial charge is 0.263 e. The molecule has 1 aromatic heterocycles. The minimum atomic E-state index is -3.55. The average Bonchev–Trinajstić information content (AvgIpc) is 3.40. The minimum Gasteiger partial charge on any atom is -0.483 e. The molecule has 1 aliphatic carbocycles. The Bertz CT molecular complexity index is 1220. The summed E-state index contributed by atoms with van der Waals surface area (Å²) in [5.41, 5.74) is 1.76. The normalized spacial score (nSPS) is 13.7. The number of benzene rings is 2. The fraction of sp³-hybridized carbons (Fsp3) is 0.238. The lowest BCUT2D eigenvalue weighted by molar-refractivity contribution is -0.118. The summed E-state index contributed by atoms with van der Waals surface area (Å²) in [6.07, 6.45) is 1.71. The highest BCUT2D eigenvalue weighted by atomic mass is 32.2. The van der Waals surface area contributed by atoms with E-state index >= 15 is 0 Å². The van der Waals surface area contributed by atoms with Gasteiger partial charge >= 0.3 is 0 Å². The van der Waals surface area contributed by atoms with Crippen molar-refractivity contribution in [1.82, 2.24) is 14.9 Å². The fourth-order valence-corrected chi connectivity index (χ4v) is 4.34. The number of rotatable bonds is 8. The van der Waals surface area contributed by atoms with Gasteiger partial charge in [-0.25, -0.2) is 17.5 Å². The van der Waals surface area contributed by atoms with Gasteiger partial charge in [-0.2, -0.15) is 5.10 Å². The van der Waals surface area contributed by atoms with Crippen LogP contribution < -0.4 is 14.8 Å². The molecule has 1 heterocycles. The maximum Gasteiger partial charge on any atom is 0.263 e. The molecule has 31 heavy (non-hydrogen) atoms. The zero-order valence-corrected chi connectivity index (χ0v) is 17.5. The first-order chi connectivity index (χ1) is 14.8. The van der Waals surface area contributed by atoms with E-state index < -0.39 is 15.9 Å². The number of carbonyl (C=O) groups is 1. The Morgan fingerprint density at radius 2 is 2.03 bits per heavy atom. The van der Waals surface area contributed by atoms with Crippen molar-refractivity contribution in [2.75, 3.05) is 11.9 Å². The number of halogens is 1. The number of H-pyrrole nitrogens is 1. The van der Waals surface area contributed by atoms with E-state index in [0.717, 1.165) is 12.8 Å². The highest BCUT2D eigenvalue weighted by molar-refractivity contribution is 7.89. The molecule has 0 aliphatic heterocycles. The van der Waals surface area contributed by atoms with Crippen LogP contribution in [0, 0.1) is 12.7 Å². The summed E-state index contributed by atoms with van der Waals surface area (Å²) in [7, 11) is -3.55. The van der Waals surface area contributed by atoms with Crippen LogP contribution in [0.15, 0.2) is 53.4 Å². The van der Waals surface area contributed by atoms with E-state index in [1.165, 1.54) is 30.3 Å². The summed E-state index contributed by atoms with van der Waals surface area (Å²) in [5.74, 6) is -0.132. The predicted molar refractivity (Wildman–Crippen MR) is 113 cm³/mol. The van der Waals surface area contributed by atoms with Crippen molar-refractivity contribution in [1.29, 1.82) is 0 Å². The quantitative estimate of drug-likeness (QED) is 0.494. The number of anilines is 1. The summed E-state index contributed by atoms with van der Waals surface area (Å²) in [4.78, 5) is 12.4. The van der Waals surface area contributed by atoms with Gasteiger partial charge in [0.05, 0.1) is 10.6 Å². The third kappa shape index (κ3) is 5.28. The molecule has 0 unspecified atom stereocenters. The second kappa shape index (κ2) is 8.48. The lowest BCUT2D eigenvalue weighted by Gasteiger charge is -2.11. The molecule has 3 N–H and O–H groups in total. The van der Waals surface area contributed by atoms with Crippen molar-refractivity contribution >= 4 is 21.7 Å². The van der Waals surface area contributed by atoms with E-state index in [4.69, 9.17) is 4.74 Å². The monoisotopic (exact) mass is 444 g/mol. The van der Waals surface area contributed by atoms with Crippen LogP contribution >= 0.6 is 0 Å². The summed E-state index contributed by atoms with van der Waals surface area (Å²) < 4.78 is 46.1. The maximum atomic E-state index is 13.4. The van der Waals surface area contributed by atoms with Crippen molar-refractivity contribution in [3.63, 3.8) is 0 Å². The zero-order chi connectivity index (χ0) is 22.0. The molecule has 0 bridgehead atoms. The molecule has 1 fully saturated rings. The van der Waals surface area contributed by atoms with E-state index in [1.807, 2.05) is 0 Å². The number of aromatic amines is 1. The molecule has 0 spiro atoms. The number of hydrogen-bond acceptors (Lipinski definition) is 5. The number of amides is 1. The number of nitrogens with one attached hydrogen (secondary N) is 3. The summed E-state index contributed by atoms with van der Waals surface area (Å²) in [6.45, 7) is 1.43. The molecule has 162 valence electrons. The SMILES string of the molecule is Cc1cc(S(=O)(=O)NC2CC2)ccc1OCC(=O)Nc1cc(-c2cccc(F)c2)[nH]n1. The molecular weight excluding hydrogens is 423 g/mol. The van der Waals surface area contributed by atoms with Gasteiger partial charge in [-0.15, -0.1) is 0 Å². The van der Waals surface area contributed by atoms with Crippen molar-refractivity contribution in [3.8, 4) is 17.0 Å². The van der Waals surface area contributed by atoms with E-state index in [1.54, 1.807) is 25.1 Å². The Labute approximate surface area is 178 Å². The van der Waals surface area contributed by atoms with Gasteiger partial charge in [-0.05, 0) is 55.7 Å². The molecule has 4 rings (SSSR count). The summed E-state index contributed by atoms with van der Waals surface area (Å²) in [5, 5.41) is 9.33. The first-order valence-corrected chi connectivity index (χ1v) is 11.2. The van der Waals surface area contributed by atoms with Crippen molar-refractivity contribution in [3.05, 3.63) is 59.9 Å². The average molecular weight is 444 g/mol. The van der Waals surface area contributed by atoms with Gasteiger partial charge in [-0.3, -0.25) is 9.89 Å². The highest BCUT2D eigenvalue weighted by Gasteiger charge is 2.28. The van der Waals surface area contributed by atoms with Gasteiger partial charge < -0.3 is 10.1 Å². The largest absolute Gasteiger partial charge is 0.483 e. The standard InChI is InChI=1S/C21H21FN4O4S/c1-13-9-17(31(28,29)26-16-5-6-16)7-8-19(13)30-12-21(27)23-20-11-18(24-25-20)14-3-2-4-15(22)10-14/h2-4,7-11,16,26H,5-6,12H2,1H3,(H2,23,24,25,27). The lowest BCUT2D eigenvalue weighted by atomic mass is 10.1. The van der Waals surface area contributed by atoms with Crippen molar-refractivity contribution in [2.45, 2.75) is 30.7 Å². The second-order valence-electron chi connectivity index (χ2n) is 7.34. The van der Waals surface area contributed by atoms with E-state index in [2.05, 4.69) is 20.2 Å². The van der Waals surface area contributed by atoms with Crippen LogP contribution in [0.25, 0.3) is 11.3 Å². The molecule has 1 aliphatic rings. The van der Waals surface area contributed by atoms with Gasteiger partial charge in [0.2, 0.25) is 10.0 Å². The Kier molecular flexibility index (Phi) is 5.75. The van der Waals surface area contributed by atoms with E-state index in [0.29, 0.717) is 22.6 Å². The Morgan fingerprint density at radius 3 is 2.74 bits per heavy atom. The molecule has 0 radical (unpaired) electrons. The number of aromatic nitrogens is 2. The van der Waals surface area contributed by atoms with Crippen molar-refractivity contribution in [2.24, 2.45) is 0 Å². The molecule has 0 atom stereocenters. The molecule has 1 saturated carbocycles. The molecule has 0 saturated heterocycles. The first-order valence-electron chi connectivity index (χ1n) is 9.67. The first kappa shape index (κ1) is 21.0. The third-order valence-corrected chi connectivity index (χ3v) is 6.21. The van der Waals surface area contributed by atoms with Crippen LogP contribution in [0.2, 0.25) is 0 Å². The molecular formula is C21H21FN4O4S.